The zero-order valence-corrected chi connectivity index (χ0v) is 9.95. The van der Waals surface area contributed by atoms with Gasteiger partial charge in [-0.05, 0) is 28.4 Å². The number of halogens is 1. The fourth-order valence-corrected chi connectivity index (χ4v) is 1.79. The predicted octanol–water partition coefficient (Wildman–Crippen LogP) is 1.84. The van der Waals surface area contributed by atoms with Gasteiger partial charge in [0.2, 0.25) is 0 Å². The Kier molecular flexibility index (Phi) is 2.90. The molecule has 0 atom stereocenters. The third kappa shape index (κ3) is 1.97. The standard InChI is InChI=1S/C10H11BrN2O2/c1-15-10(14)7-5-9(12-6-8(7)11)13-3-2-4-13/h5-6H,2-4H2,1H3. The summed E-state index contributed by atoms with van der Waals surface area (Å²) >= 11 is 3.28. The highest BCUT2D eigenvalue weighted by Gasteiger charge is 2.19. The third-order valence-electron chi connectivity index (χ3n) is 2.43. The Morgan fingerprint density at radius 2 is 2.33 bits per heavy atom. The van der Waals surface area contributed by atoms with Crippen molar-refractivity contribution in [2.45, 2.75) is 6.42 Å². The molecule has 5 heteroatoms. The fourth-order valence-electron chi connectivity index (χ4n) is 1.41. The van der Waals surface area contributed by atoms with Crippen molar-refractivity contribution in [2.75, 3.05) is 25.1 Å². The van der Waals surface area contributed by atoms with Crippen molar-refractivity contribution in [1.29, 1.82) is 0 Å². The van der Waals surface area contributed by atoms with Crippen molar-refractivity contribution in [3.63, 3.8) is 0 Å². The summed E-state index contributed by atoms with van der Waals surface area (Å²) in [6.45, 7) is 2.02. The molecule has 1 aliphatic heterocycles. The molecule has 0 saturated carbocycles. The minimum absolute atomic E-state index is 0.342. The van der Waals surface area contributed by atoms with E-state index in [1.165, 1.54) is 13.5 Å². The predicted molar refractivity (Wildman–Crippen MR) is 60.1 cm³/mol. The molecule has 4 nitrogen and oxygen atoms in total. The fraction of sp³-hybridized carbons (Fsp3) is 0.400. The lowest BCUT2D eigenvalue weighted by Gasteiger charge is -2.32. The molecule has 2 heterocycles. The summed E-state index contributed by atoms with van der Waals surface area (Å²) in [5.41, 5.74) is 0.523. The molecule has 1 aromatic heterocycles. The molecule has 1 fully saturated rings. The molecule has 0 radical (unpaired) electrons. The lowest BCUT2D eigenvalue weighted by molar-refractivity contribution is 0.0599. The first kappa shape index (κ1) is 10.4. The van der Waals surface area contributed by atoms with Crippen LogP contribution in [0.25, 0.3) is 0 Å². The van der Waals surface area contributed by atoms with Gasteiger partial charge in [0.1, 0.15) is 5.82 Å². The Balaban J connectivity index is 2.31. The van der Waals surface area contributed by atoms with Gasteiger partial charge in [0.15, 0.2) is 0 Å². The number of anilines is 1. The van der Waals surface area contributed by atoms with Gasteiger partial charge in [-0.1, -0.05) is 0 Å². The zero-order valence-electron chi connectivity index (χ0n) is 8.36. The molecule has 0 aliphatic carbocycles. The summed E-state index contributed by atoms with van der Waals surface area (Å²) < 4.78 is 5.35. The van der Waals surface area contributed by atoms with E-state index in [9.17, 15) is 4.79 Å². The molecule has 1 aliphatic rings. The van der Waals surface area contributed by atoms with Crippen LogP contribution in [-0.4, -0.2) is 31.2 Å². The Hall–Kier alpha value is -1.10. The smallest absolute Gasteiger partial charge is 0.339 e. The molecular weight excluding hydrogens is 260 g/mol. The molecule has 0 unspecified atom stereocenters. The Labute approximate surface area is 96.4 Å². The van der Waals surface area contributed by atoms with Gasteiger partial charge >= 0.3 is 5.97 Å². The van der Waals surface area contributed by atoms with Crippen molar-refractivity contribution in [3.05, 3.63) is 22.3 Å². The normalized spacial score (nSPS) is 14.7. The summed E-state index contributed by atoms with van der Waals surface area (Å²) in [6.07, 6.45) is 2.82. The van der Waals surface area contributed by atoms with Gasteiger partial charge in [-0.15, -0.1) is 0 Å². The summed E-state index contributed by atoms with van der Waals surface area (Å²) in [5.74, 6) is 0.496. The molecule has 0 N–H and O–H groups in total. The SMILES string of the molecule is COC(=O)c1cc(N2CCC2)ncc1Br. The average Bonchev–Trinajstić information content (AvgIpc) is 2.17. The van der Waals surface area contributed by atoms with Crippen molar-refractivity contribution in [1.82, 2.24) is 4.98 Å². The number of aromatic nitrogens is 1. The monoisotopic (exact) mass is 270 g/mol. The second-order valence-corrected chi connectivity index (χ2v) is 4.21. The van der Waals surface area contributed by atoms with E-state index in [-0.39, 0.29) is 5.97 Å². The van der Waals surface area contributed by atoms with E-state index in [0.717, 1.165) is 18.9 Å². The number of ether oxygens (including phenoxy) is 1. The Morgan fingerprint density at radius 1 is 1.60 bits per heavy atom. The van der Waals surface area contributed by atoms with E-state index in [0.29, 0.717) is 10.0 Å². The molecule has 0 amide bonds. The highest BCUT2D eigenvalue weighted by molar-refractivity contribution is 9.10. The van der Waals surface area contributed by atoms with E-state index in [1.54, 1.807) is 12.3 Å². The molecule has 2 rings (SSSR count). The molecule has 1 saturated heterocycles. The zero-order chi connectivity index (χ0) is 10.8. The van der Waals surface area contributed by atoms with Crippen molar-refractivity contribution >= 4 is 27.7 Å². The van der Waals surface area contributed by atoms with Gasteiger partial charge in [0, 0.05) is 19.3 Å². The molecule has 15 heavy (non-hydrogen) atoms. The Morgan fingerprint density at radius 3 is 2.87 bits per heavy atom. The molecule has 1 aromatic rings. The maximum Gasteiger partial charge on any atom is 0.339 e. The van der Waals surface area contributed by atoms with Gasteiger partial charge in [-0.3, -0.25) is 0 Å². The van der Waals surface area contributed by atoms with Crippen LogP contribution in [0, 0.1) is 0 Å². The topological polar surface area (TPSA) is 42.4 Å². The third-order valence-corrected chi connectivity index (χ3v) is 3.06. The number of nitrogens with zero attached hydrogens (tertiary/aromatic N) is 2. The first-order valence-corrected chi connectivity index (χ1v) is 5.50. The van der Waals surface area contributed by atoms with Gasteiger partial charge < -0.3 is 9.64 Å². The molecule has 0 spiro atoms. The second-order valence-electron chi connectivity index (χ2n) is 3.35. The minimum Gasteiger partial charge on any atom is -0.465 e. The average molecular weight is 271 g/mol. The minimum atomic E-state index is -0.342. The maximum atomic E-state index is 11.4. The largest absolute Gasteiger partial charge is 0.465 e. The van der Waals surface area contributed by atoms with Gasteiger partial charge in [0.05, 0.1) is 17.1 Å². The first-order chi connectivity index (χ1) is 7.22. The number of carbonyl (C=O) groups is 1. The number of rotatable bonds is 2. The van der Waals surface area contributed by atoms with Crippen LogP contribution in [-0.2, 0) is 4.74 Å². The van der Waals surface area contributed by atoms with Crippen LogP contribution >= 0.6 is 15.9 Å². The molecular formula is C10H11BrN2O2. The lowest BCUT2D eigenvalue weighted by Crippen LogP contribution is -2.37. The Bertz CT molecular complexity index is 391. The number of hydrogen-bond donors (Lipinski definition) is 0. The molecule has 0 aromatic carbocycles. The van der Waals surface area contributed by atoms with Crippen LogP contribution in [0.2, 0.25) is 0 Å². The summed E-state index contributed by atoms with van der Waals surface area (Å²) in [4.78, 5) is 17.8. The van der Waals surface area contributed by atoms with E-state index in [1.807, 2.05) is 0 Å². The van der Waals surface area contributed by atoms with E-state index >= 15 is 0 Å². The van der Waals surface area contributed by atoms with Crippen molar-refractivity contribution in [2.24, 2.45) is 0 Å². The second kappa shape index (κ2) is 4.18. The van der Waals surface area contributed by atoms with Crippen molar-refractivity contribution < 1.29 is 9.53 Å². The summed E-state index contributed by atoms with van der Waals surface area (Å²) in [5, 5.41) is 0. The molecule has 80 valence electrons. The van der Waals surface area contributed by atoms with Crippen LogP contribution in [0.1, 0.15) is 16.8 Å². The van der Waals surface area contributed by atoms with Crippen LogP contribution in [0.4, 0.5) is 5.82 Å². The van der Waals surface area contributed by atoms with Gasteiger partial charge in [-0.25, -0.2) is 9.78 Å². The number of pyridine rings is 1. The summed E-state index contributed by atoms with van der Waals surface area (Å²) in [7, 11) is 1.37. The van der Waals surface area contributed by atoms with E-state index in [2.05, 4.69) is 30.6 Å². The lowest BCUT2D eigenvalue weighted by atomic mass is 10.2. The first-order valence-electron chi connectivity index (χ1n) is 4.71. The van der Waals surface area contributed by atoms with Crippen LogP contribution in [0.5, 0.6) is 0 Å². The quantitative estimate of drug-likeness (QED) is 0.770. The molecule has 0 bridgehead atoms. The van der Waals surface area contributed by atoms with Crippen LogP contribution in [0.15, 0.2) is 16.7 Å². The number of methoxy groups -OCH3 is 1. The number of esters is 1. The van der Waals surface area contributed by atoms with Crippen LogP contribution in [0.3, 0.4) is 0 Å². The number of carbonyl (C=O) groups excluding carboxylic acids is 1. The summed E-state index contributed by atoms with van der Waals surface area (Å²) in [6, 6.07) is 1.76. The van der Waals surface area contributed by atoms with Crippen LogP contribution < -0.4 is 4.90 Å². The van der Waals surface area contributed by atoms with E-state index < -0.39 is 0 Å². The maximum absolute atomic E-state index is 11.4. The highest BCUT2D eigenvalue weighted by Crippen LogP contribution is 2.24. The van der Waals surface area contributed by atoms with E-state index in [4.69, 9.17) is 0 Å². The van der Waals surface area contributed by atoms with Gasteiger partial charge in [0.25, 0.3) is 0 Å². The number of hydrogen-bond acceptors (Lipinski definition) is 4. The van der Waals surface area contributed by atoms with Crippen molar-refractivity contribution in [3.8, 4) is 0 Å². The highest BCUT2D eigenvalue weighted by atomic mass is 79.9. The van der Waals surface area contributed by atoms with Gasteiger partial charge in [-0.2, -0.15) is 0 Å².